The molecule has 0 aliphatic carbocycles. The summed E-state index contributed by atoms with van der Waals surface area (Å²) in [4.78, 5) is 15.2. The molecule has 0 aromatic heterocycles. The number of methoxy groups -OCH3 is 1. The summed E-state index contributed by atoms with van der Waals surface area (Å²) in [7, 11) is -2.41. The van der Waals surface area contributed by atoms with Crippen molar-refractivity contribution >= 4 is 15.8 Å². The summed E-state index contributed by atoms with van der Waals surface area (Å²) in [6.07, 6.45) is 0.401. The highest BCUT2D eigenvalue weighted by atomic mass is 32.2. The van der Waals surface area contributed by atoms with Crippen LogP contribution in [0.4, 0.5) is 0 Å². The average Bonchev–Trinajstić information content (AvgIpc) is 2.76. The Morgan fingerprint density at radius 2 is 1.63 bits per heavy atom. The monoisotopic (exact) mass is 431 g/mol. The number of carbonyl (C=O) groups excluding carboxylic acids is 1. The average molecular weight is 432 g/mol. The van der Waals surface area contributed by atoms with E-state index in [0.29, 0.717) is 18.8 Å². The standard InChI is InChI=1S/C23H29NO5S/c1-4-29-22(25)23(30(26,27)21-11-9-20(28-3)10-12-21)13-15-24(16-14-23)17-19-7-5-18(2)6-8-19/h5-12H,4,13-17H2,1-3H3. The molecule has 0 bridgehead atoms. The molecule has 1 fully saturated rings. The number of benzene rings is 2. The van der Waals surface area contributed by atoms with Crippen molar-refractivity contribution in [1.82, 2.24) is 4.90 Å². The molecule has 1 heterocycles. The Morgan fingerprint density at radius 3 is 2.17 bits per heavy atom. The van der Waals surface area contributed by atoms with E-state index in [0.717, 1.165) is 6.54 Å². The van der Waals surface area contributed by atoms with Gasteiger partial charge in [0.25, 0.3) is 0 Å². The highest BCUT2D eigenvalue weighted by Gasteiger charge is 2.54. The highest BCUT2D eigenvalue weighted by molar-refractivity contribution is 7.93. The van der Waals surface area contributed by atoms with Gasteiger partial charge < -0.3 is 9.47 Å². The number of likely N-dealkylation sites (tertiary alicyclic amines) is 1. The molecule has 0 unspecified atom stereocenters. The zero-order chi connectivity index (χ0) is 21.8. The molecule has 0 radical (unpaired) electrons. The number of hydrogen-bond donors (Lipinski definition) is 0. The fourth-order valence-corrected chi connectivity index (χ4v) is 5.79. The maximum Gasteiger partial charge on any atom is 0.327 e. The lowest BCUT2D eigenvalue weighted by Crippen LogP contribution is -2.54. The van der Waals surface area contributed by atoms with E-state index in [1.54, 1.807) is 19.1 Å². The van der Waals surface area contributed by atoms with Gasteiger partial charge in [-0.3, -0.25) is 9.69 Å². The van der Waals surface area contributed by atoms with Crippen LogP contribution < -0.4 is 4.74 Å². The summed E-state index contributed by atoms with van der Waals surface area (Å²) in [5.41, 5.74) is 2.37. The van der Waals surface area contributed by atoms with Crippen molar-refractivity contribution in [2.45, 2.75) is 42.9 Å². The van der Waals surface area contributed by atoms with Gasteiger partial charge in [0.1, 0.15) is 5.75 Å². The van der Waals surface area contributed by atoms with E-state index >= 15 is 0 Å². The van der Waals surface area contributed by atoms with Gasteiger partial charge >= 0.3 is 5.97 Å². The van der Waals surface area contributed by atoms with Gasteiger partial charge in [0.05, 0.1) is 18.6 Å². The second kappa shape index (κ2) is 9.18. The first-order valence-electron chi connectivity index (χ1n) is 10.2. The van der Waals surface area contributed by atoms with Crippen LogP contribution >= 0.6 is 0 Å². The number of carbonyl (C=O) groups is 1. The van der Waals surface area contributed by atoms with Crippen LogP contribution in [0.25, 0.3) is 0 Å². The van der Waals surface area contributed by atoms with Gasteiger partial charge in [0.15, 0.2) is 14.6 Å². The van der Waals surface area contributed by atoms with Crippen LogP contribution in [-0.4, -0.2) is 50.8 Å². The number of sulfone groups is 1. The van der Waals surface area contributed by atoms with Crippen LogP contribution in [0.2, 0.25) is 0 Å². The van der Waals surface area contributed by atoms with E-state index < -0.39 is 20.6 Å². The fraction of sp³-hybridized carbons (Fsp3) is 0.435. The van der Waals surface area contributed by atoms with Gasteiger partial charge in [0.2, 0.25) is 0 Å². The van der Waals surface area contributed by atoms with E-state index in [-0.39, 0.29) is 24.3 Å². The Balaban J connectivity index is 1.84. The number of nitrogens with zero attached hydrogens (tertiary/aromatic N) is 1. The molecule has 7 heteroatoms. The zero-order valence-corrected chi connectivity index (χ0v) is 18.6. The van der Waals surface area contributed by atoms with Crippen molar-refractivity contribution in [2.24, 2.45) is 0 Å². The van der Waals surface area contributed by atoms with Crippen LogP contribution in [0.3, 0.4) is 0 Å². The van der Waals surface area contributed by atoms with E-state index in [1.807, 2.05) is 6.92 Å². The number of ether oxygens (including phenoxy) is 2. The quantitative estimate of drug-likeness (QED) is 0.626. The third kappa shape index (κ3) is 4.37. The van der Waals surface area contributed by atoms with Crippen molar-refractivity contribution in [1.29, 1.82) is 0 Å². The number of rotatable bonds is 7. The summed E-state index contributed by atoms with van der Waals surface area (Å²) in [5.74, 6) is -0.0946. The third-order valence-corrected chi connectivity index (χ3v) is 8.22. The summed E-state index contributed by atoms with van der Waals surface area (Å²) in [6.45, 7) is 5.61. The van der Waals surface area contributed by atoms with E-state index in [4.69, 9.17) is 9.47 Å². The molecule has 2 aromatic rings. The summed E-state index contributed by atoms with van der Waals surface area (Å²) in [5, 5.41) is 0. The minimum Gasteiger partial charge on any atom is -0.497 e. The number of hydrogen-bond acceptors (Lipinski definition) is 6. The van der Waals surface area contributed by atoms with Crippen LogP contribution in [0.1, 0.15) is 30.9 Å². The lowest BCUT2D eigenvalue weighted by Gasteiger charge is -2.39. The van der Waals surface area contributed by atoms with Gasteiger partial charge in [-0.1, -0.05) is 29.8 Å². The first kappa shape index (κ1) is 22.3. The first-order valence-corrected chi connectivity index (χ1v) is 11.6. The first-order chi connectivity index (χ1) is 14.3. The predicted octanol–water partition coefficient (Wildman–Crippen LogP) is 3.38. The number of esters is 1. The van der Waals surface area contributed by atoms with Crippen molar-refractivity contribution in [2.75, 3.05) is 26.8 Å². The van der Waals surface area contributed by atoms with Gasteiger partial charge in [-0.15, -0.1) is 0 Å². The maximum atomic E-state index is 13.6. The smallest absolute Gasteiger partial charge is 0.327 e. The van der Waals surface area contributed by atoms with Gasteiger partial charge in [-0.2, -0.15) is 0 Å². The minimum absolute atomic E-state index is 0.114. The van der Waals surface area contributed by atoms with E-state index in [1.165, 1.54) is 30.4 Å². The molecule has 1 aliphatic heterocycles. The normalized spacial score (nSPS) is 16.8. The Hall–Kier alpha value is -2.38. The topological polar surface area (TPSA) is 72.9 Å². The molecule has 2 aromatic carbocycles. The molecule has 30 heavy (non-hydrogen) atoms. The Morgan fingerprint density at radius 1 is 1.03 bits per heavy atom. The molecule has 0 saturated carbocycles. The second-order valence-corrected chi connectivity index (χ2v) is 9.92. The van der Waals surface area contributed by atoms with Crippen molar-refractivity contribution in [3.8, 4) is 5.75 Å². The summed E-state index contributed by atoms with van der Waals surface area (Å²) < 4.78 is 35.9. The van der Waals surface area contributed by atoms with Crippen LogP contribution in [0, 0.1) is 6.92 Å². The van der Waals surface area contributed by atoms with Gasteiger partial charge in [-0.25, -0.2) is 8.42 Å². The van der Waals surface area contributed by atoms with Crippen molar-refractivity contribution in [3.05, 3.63) is 59.7 Å². The molecule has 0 atom stereocenters. The maximum absolute atomic E-state index is 13.6. The van der Waals surface area contributed by atoms with Gasteiger partial charge in [-0.05, 0) is 56.5 Å². The molecule has 162 valence electrons. The predicted molar refractivity (Wildman–Crippen MR) is 115 cm³/mol. The largest absolute Gasteiger partial charge is 0.497 e. The van der Waals surface area contributed by atoms with Crippen LogP contribution in [0.5, 0.6) is 5.75 Å². The fourth-order valence-electron chi connectivity index (χ4n) is 3.85. The number of piperidine rings is 1. The lowest BCUT2D eigenvalue weighted by molar-refractivity contribution is -0.147. The van der Waals surface area contributed by atoms with Crippen molar-refractivity contribution < 1.29 is 22.7 Å². The molecule has 0 N–H and O–H groups in total. The van der Waals surface area contributed by atoms with E-state index in [2.05, 4.69) is 29.2 Å². The number of aryl methyl sites for hydroxylation is 1. The zero-order valence-electron chi connectivity index (χ0n) is 17.8. The van der Waals surface area contributed by atoms with Gasteiger partial charge in [0, 0.05) is 19.6 Å². The molecular weight excluding hydrogens is 402 g/mol. The highest BCUT2D eigenvalue weighted by Crippen LogP contribution is 2.37. The van der Waals surface area contributed by atoms with E-state index in [9.17, 15) is 13.2 Å². The lowest BCUT2D eigenvalue weighted by atomic mass is 9.95. The molecule has 0 amide bonds. The molecular formula is C23H29NO5S. The molecule has 1 aliphatic rings. The summed E-state index contributed by atoms with van der Waals surface area (Å²) >= 11 is 0. The minimum atomic E-state index is -3.93. The second-order valence-electron chi connectivity index (χ2n) is 7.66. The molecule has 0 spiro atoms. The Labute approximate surface area is 178 Å². The van der Waals surface area contributed by atoms with Crippen molar-refractivity contribution in [3.63, 3.8) is 0 Å². The molecule has 1 saturated heterocycles. The summed E-state index contributed by atoms with van der Waals surface area (Å²) in [6, 6.07) is 14.5. The van der Waals surface area contributed by atoms with Crippen LogP contribution in [-0.2, 0) is 25.9 Å². The third-order valence-electron chi connectivity index (χ3n) is 5.72. The van der Waals surface area contributed by atoms with Crippen LogP contribution in [0.15, 0.2) is 53.4 Å². The molecule has 6 nitrogen and oxygen atoms in total. The Kier molecular flexibility index (Phi) is 6.83. The Bertz CT molecular complexity index is 960. The molecule has 3 rings (SSSR count). The SMILES string of the molecule is CCOC(=O)C1(S(=O)(=O)c2ccc(OC)cc2)CCN(Cc2ccc(C)cc2)CC1.